The third kappa shape index (κ3) is 0.988. The Morgan fingerprint density at radius 2 is 2.20 bits per heavy atom. The first-order valence-corrected chi connectivity index (χ1v) is 4.21. The summed E-state index contributed by atoms with van der Waals surface area (Å²) >= 11 is 0. The molecule has 0 radical (unpaired) electrons. The Morgan fingerprint density at radius 3 is 3.10 bits per heavy atom. The van der Waals surface area contributed by atoms with E-state index in [0.717, 1.165) is 24.7 Å². The van der Waals surface area contributed by atoms with Gasteiger partial charge in [0.1, 0.15) is 0 Å². The van der Waals surface area contributed by atoms with E-state index in [1.54, 1.807) is 0 Å². The quantitative estimate of drug-likeness (QED) is 0.505. The third-order valence-corrected chi connectivity index (χ3v) is 2.84. The molecular weight excluding hydrogens is 124 g/mol. The number of hydrogen-bond donors (Lipinski definition) is 1. The van der Waals surface area contributed by atoms with Crippen molar-refractivity contribution < 1.29 is 5.11 Å². The number of aliphatic hydroxyl groups is 1. The first-order valence-electron chi connectivity index (χ1n) is 4.21. The van der Waals surface area contributed by atoms with Gasteiger partial charge in [-0.15, -0.1) is 0 Å². The zero-order valence-corrected chi connectivity index (χ0v) is 6.16. The van der Waals surface area contributed by atoms with Crippen molar-refractivity contribution in [3.63, 3.8) is 0 Å². The molecule has 0 saturated heterocycles. The van der Waals surface area contributed by atoms with Crippen molar-refractivity contribution >= 4 is 0 Å². The Kier molecular flexibility index (Phi) is 1.53. The minimum absolute atomic E-state index is 0.00106. The molecule has 0 spiro atoms. The van der Waals surface area contributed by atoms with E-state index in [0.29, 0.717) is 0 Å². The van der Waals surface area contributed by atoms with Crippen molar-refractivity contribution in [2.75, 3.05) is 0 Å². The van der Waals surface area contributed by atoms with Crippen LogP contribution in [-0.4, -0.2) is 11.2 Å². The van der Waals surface area contributed by atoms with Crippen LogP contribution in [0.15, 0.2) is 12.2 Å². The summed E-state index contributed by atoms with van der Waals surface area (Å²) in [7, 11) is 0. The van der Waals surface area contributed by atoms with E-state index in [9.17, 15) is 5.11 Å². The summed E-state index contributed by atoms with van der Waals surface area (Å²) < 4.78 is 0. The second kappa shape index (κ2) is 2.39. The standard InChI is InChI=1S/C9H14O/c10-9-5-4-7-2-1-3-8(7)6-9/h1-2,7-10H,3-6H2. The first-order chi connectivity index (χ1) is 4.86. The maximum atomic E-state index is 9.33. The molecule has 3 atom stereocenters. The molecule has 2 aliphatic carbocycles. The summed E-state index contributed by atoms with van der Waals surface area (Å²) in [5.41, 5.74) is 0. The molecule has 0 aromatic rings. The van der Waals surface area contributed by atoms with Gasteiger partial charge in [0.05, 0.1) is 6.10 Å². The van der Waals surface area contributed by atoms with Crippen molar-refractivity contribution in [1.82, 2.24) is 0 Å². The fourth-order valence-electron chi connectivity index (χ4n) is 2.22. The van der Waals surface area contributed by atoms with Crippen LogP contribution in [0, 0.1) is 11.8 Å². The van der Waals surface area contributed by atoms with Crippen LogP contribution < -0.4 is 0 Å². The highest BCUT2D eigenvalue weighted by Crippen LogP contribution is 2.37. The highest BCUT2D eigenvalue weighted by Gasteiger charge is 2.29. The van der Waals surface area contributed by atoms with E-state index in [4.69, 9.17) is 0 Å². The summed E-state index contributed by atoms with van der Waals surface area (Å²) in [4.78, 5) is 0. The summed E-state index contributed by atoms with van der Waals surface area (Å²) in [6.07, 6.45) is 9.08. The summed E-state index contributed by atoms with van der Waals surface area (Å²) in [6.45, 7) is 0. The van der Waals surface area contributed by atoms with Gasteiger partial charge < -0.3 is 5.11 Å². The Bertz CT molecular complexity index is 151. The van der Waals surface area contributed by atoms with Crippen LogP contribution in [0.2, 0.25) is 0 Å². The smallest absolute Gasteiger partial charge is 0.0543 e. The number of allylic oxidation sites excluding steroid dienone is 2. The predicted molar refractivity (Wildman–Crippen MR) is 40.6 cm³/mol. The Hall–Kier alpha value is -0.300. The molecule has 0 amide bonds. The molecule has 1 nitrogen and oxygen atoms in total. The molecule has 2 aliphatic rings. The van der Waals surface area contributed by atoms with Gasteiger partial charge in [0.15, 0.2) is 0 Å². The fraction of sp³-hybridized carbons (Fsp3) is 0.778. The monoisotopic (exact) mass is 138 g/mol. The van der Waals surface area contributed by atoms with E-state index < -0.39 is 0 Å². The molecule has 1 fully saturated rings. The highest BCUT2D eigenvalue weighted by molar-refractivity contribution is 5.03. The molecule has 1 saturated carbocycles. The molecule has 10 heavy (non-hydrogen) atoms. The maximum Gasteiger partial charge on any atom is 0.0543 e. The molecule has 1 heteroatoms. The van der Waals surface area contributed by atoms with Gasteiger partial charge in [-0.05, 0) is 37.5 Å². The number of fused-ring (bicyclic) bond motifs is 1. The van der Waals surface area contributed by atoms with Crippen LogP contribution in [0.25, 0.3) is 0 Å². The molecule has 0 aromatic heterocycles. The van der Waals surface area contributed by atoms with Gasteiger partial charge in [0.25, 0.3) is 0 Å². The van der Waals surface area contributed by atoms with E-state index in [1.807, 2.05) is 0 Å². The van der Waals surface area contributed by atoms with Crippen molar-refractivity contribution in [2.45, 2.75) is 31.8 Å². The lowest BCUT2D eigenvalue weighted by Gasteiger charge is -2.28. The molecule has 2 rings (SSSR count). The largest absolute Gasteiger partial charge is 0.393 e. The van der Waals surface area contributed by atoms with Crippen LogP contribution in [-0.2, 0) is 0 Å². The summed E-state index contributed by atoms with van der Waals surface area (Å²) in [5, 5.41) is 9.33. The first kappa shape index (κ1) is 6.41. The molecule has 0 heterocycles. The zero-order valence-electron chi connectivity index (χ0n) is 6.16. The van der Waals surface area contributed by atoms with E-state index in [2.05, 4.69) is 12.2 Å². The third-order valence-electron chi connectivity index (χ3n) is 2.84. The second-order valence-electron chi connectivity index (χ2n) is 3.55. The van der Waals surface area contributed by atoms with Gasteiger partial charge in [0, 0.05) is 0 Å². The van der Waals surface area contributed by atoms with Crippen molar-refractivity contribution in [3.8, 4) is 0 Å². The van der Waals surface area contributed by atoms with Gasteiger partial charge in [-0.2, -0.15) is 0 Å². The molecule has 0 aliphatic heterocycles. The molecule has 3 unspecified atom stereocenters. The Morgan fingerprint density at radius 1 is 1.30 bits per heavy atom. The van der Waals surface area contributed by atoms with Crippen molar-refractivity contribution in [3.05, 3.63) is 12.2 Å². The van der Waals surface area contributed by atoms with Crippen LogP contribution >= 0.6 is 0 Å². The van der Waals surface area contributed by atoms with E-state index >= 15 is 0 Å². The van der Waals surface area contributed by atoms with E-state index in [1.165, 1.54) is 12.8 Å². The van der Waals surface area contributed by atoms with Gasteiger partial charge in [-0.1, -0.05) is 12.2 Å². The van der Waals surface area contributed by atoms with Gasteiger partial charge in [-0.3, -0.25) is 0 Å². The van der Waals surface area contributed by atoms with Crippen molar-refractivity contribution in [2.24, 2.45) is 11.8 Å². The highest BCUT2D eigenvalue weighted by atomic mass is 16.3. The Labute approximate surface area is 61.8 Å². The molecule has 1 N–H and O–H groups in total. The maximum absolute atomic E-state index is 9.33. The zero-order chi connectivity index (χ0) is 6.97. The Balaban J connectivity index is 2.01. The minimum Gasteiger partial charge on any atom is -0.393 e. The van der Waals surface area contributed by atoms with Gasteiger partial charge in [-0.25, -0.2) is 0 Å². The lowest BCUT2D eigenvalue weighted by atomic mass is 9.80. The van der Waals surface area contributed by atoms with Crippen LogP contribution in [0.3, 0.4) is 0 Å². The number of aliphatic hydroxyl groups excluding tert-OH is 1. The average Bonchev–Trinajstić information content (AvgIpc) is 2.33. The average molecular weight is 138 g/mol. The lowest BCUT2D eigenvalue weighted by molar-refractivity contribution is 0.0873. The predicted octanol–water partition coefficient (Wildman–Crippen LogP) is 1.72. The van der Waals surface area contributed by atoms with Gasteiger partial charge >= 0.3 is 0 Å². The van der Waals surface area contributed by atoms with Crippen LogP contribution in [0.5, 0.6) is 0 Å². The molecular formula is C9H14O. The topological polar surface area (TPSA) is 20.2 Å². The van der Waals surface area contributed by atoms with Gasteiger partial charge in [0.2, 0.25) is 0 Å². The normalized spacial score (nSPS) is 45.5. The van der Waals surface area contributed by atoms with Crippen LogP contribution in [0.1, 0.15) is 25.7 Å². The SMILES string of the molecule is OC1CCC2C=CCC2C1. The number of rotatable bonds is 0. The molecule has 0 aromatic carbocycles. The van der Waals surface area contributed by atoms with E-state index in [-0.39, 0.29) is 6.10 Å². The summed E-state index contributed by atoms with van der Waals surface area (Å²) in [5.74, 6) is 1.59. The summed E-state index contributed by atoms with van der Waals surface area (Å²) in [6, 6.07) is 0. The lowest BCUT2D eigenvalue weighted by Crippen LogP contribution is -2.23. The second-order valence-corrected chi connectivity index (χ2v) is 3.55. The fourth-order valence-corrected chi connectivity index (χ4v) is 2.22. The van der Waals surface area contributed by atoms with Crippen molar-refractivity contribution in [1.29, 1.82) is 0 Å². The minimum atomic E-state index is 0.00106. The number of hydrogen-bond acceptors (Lipinski definition) is 1. The van der Waals surface area contributed by atoms with Crippen LogP contribution in [0.4, 0.5) is 0 Å². The molecule has 56 valence electrons. The molecule has 0 bridgehead atoms.